The van der Waals surface area contributed by atoms with Crippen LogP contribution in [0.25, 0.3) is 11.1 Å². The van der Waals surface area contributed by atoms with Crippen LogP contribution >= 0.6 is 0 Å². The monoisotopic (exact) mass is 613 g/mol. The summed E-state index contributed by atoms with van der Waals surface area (Å²) < 4.78 is 41.3. The van der Waals surface area contributed by atoms with Crippen molar-refractivity contribution < 1.29 is 27.8 Å². The van der Waals surface area contributed by atoms with E-state index in [2.05, 4.69) is 51.0 Å². The van der Waals surface area contributed by atoms with Gasteiger partial charge in [-0.15, -0.1) is 0 Å². The van der Waals surface area contributed by atoms with E-state index in [9.17, 15) is 18.4 Å². The molecule has 0 bridgehead atoms. The zero-order chi connectivity index (χ0) is 31.8. The Balaban J connectivity index is 1.85. The van der Waals surface area contributed by atoms with Crippen LogP contribution in [0.5, 0.6) is 0 Å². The quantitative estimate of drug-likeness (QED) is 0.158. The van der Waals surface area contributed by atoms with E-state index in [4.69, 9.17) is 9.47 Å². The number of nitrogens with zero attached hydrogens (tertiary/aromatic N) is 1. The second-order valence-electron chi connectivity index (χ2n) is 13.1. The van der Waals surface area contributed by atoms with Gasteiger partial charge in [0.05, 0.1) is 19.8 Å². The third-order valence-corrected chi connectivity index (χ3v) is 8.88. The zero-order valence-corrected chi connectivity index (χ0v) is 27.3. The molecule has 234 valence electrons. The summed E-state index contributed by atoms with van der Waals surface area (Å²) in [5, 5.41) is 6.20. The Morgan fingerprint density at radius 2 is 1.72 bits per heavy atom. The van der Waals surface area contributed by atoms with Crippen LogP contribution in [0.2, 0.25) is 25.7 Å². The number of halogens is 2. The van der Waals surface area contributed by atoms with Crippen molar-refractivity contribution in [2.24, 2.45) is 5.41 Å². The Bertz CT molecular complexity index is 1370. The van der Waals surface area contributed by atoms with Gasteiger partial charge in [0, 0.05) is 37.6 Å². The lowest BCUT2D eigenvalue weighted by atomic mass is 9.84. The van der Waals surface area contributed by atoms with Crippen molar-refractivity contribution in [3.05, 3.63) is 83.7 Å². The highest BCUT2D eigenvalue weighted by molar-refractivity contribution is 6.76. The highest BCUT2D eigenvalue weighted by Crippen LogP contribution is 2.37. The molecule has 0 fully saturated rings. The van der Waals surface area contributed by atoms with Crippen LogP contribution in [-0.4, -0.2) is 51.0 Å². The van der Waals surface area contributed by atoms with E-state index in [1.807, 2.05) is 47.2 Å². The number of aromatic nitrogens is 1. The number of hydrogen-bond donors (Lipinski definition) is 2. The second kappa shape index (κ2) is 14.8. The molecule has 0 radical (unpaired) electrons. The van der Waals surface area contributed by atoms with Gasteiger partial charge < -0.3 is 24.7 Å². The fourth-order valence-corrected chi connectivity index (χ4v) is 5.52. The maximum absolute atomic E-state index is 14.8. The van der Waals surface area contributed by atoms with Crippen LogP contribution in [0.4, 0.5) is 13.6 Å². The smallest absolute Gasteiger partial charge is 0.407 e. The molecule has 3 rings (SSSR count). The van der Waals surface area contributed by atoms with E-state index in [1.54, 1.807) is 0 Å². The Kier molecular flexibility index (Phi) is 11.7. The molecule has 2 N–H and O–H groups in total. The molecule has 10 heteroatoms. The molecule has 0 unspecified atom stereocenters. The largest absolute Gasteiger partial charge is 0.467 e. The average Bonchev–Trinajstić information content (AvgIpc) is 3.33. The minimum absolute atomic E-state index is 0.184. The van der Waals surface area contributed by atoms with E-state index in [0.29, 0.717) is 25.3 Å². The Morgan fingerprint density at radius 3 is 2.35 bits per heavy atom. The summed E-state index contributed by atoms with van der Waals surface area (Å²) in [6.45, 7) is 14.0. The summed E-state index contributed by atoms with van der Waals surface area (Å²) in [7, 11) is -0.100. The van der Waals surface area contributed by atoms with Gasteiger partial charge in [-0.3, -0.25) is 0 Å². The molecule has 3 aromatic rings. The lowest BCUT2D eigenvalue weighted by Crippen LogP contribution is -2.44. The van der Waals surface area contributed by atoms with Gasteiger partial charge in [0.2, 0.25) is 0 Å². The maximum atomic E-state index is 14.8. The van der Waals surface area contributed by atoms with Gasteiger partial charge >= 0.3 is 12.1 Å². The molecule has 0 saturated carbocycles. The van der Waals surface area contributed by atoms with Gasteiger partial charge in [0.15, 0.2) is 0 Å². The van der Waals surface area contributed by atoms with E-state index in [0.717, 1.165) is 29.4 Å². The minimum atomic E-state index is -1.38. The molecule has 43 heavy (non-hydrogen) atoms. The molecule has 0 spiro atoms. The highest BCUT2D eigenvalue weighted by Gasteiger charge is 2.31. The van der Waals surface area contributed by atoms with Gasteiger partial charge in [-0.1, -0.05) is 70.7 Å². The number of hydrogen-bond acceptors (Lipinski definition) is 5. The molecular formula is C33H45F2N3O4Si. The molecule has 0 aliphatic rings. The van der Waals surface area contributed by atoms with Crippen LogP contribution < -0.4 is 10.6 Å². The summed E-state index contributed by atoms with van der Waals surface area (Å²) in [6.07, 6.45) is 1.45. The maximum Gasteiger partial charge on any atom is 0.407 e. The number of ether oxygens (including phenoxy) is 2. The van der Waals surface area contributed by atoms with Gasteiger partial charge in [0.25, 0.3) is 0 Å². The van der Waals surface area contributed by atoms with Crippen LogP contribution in [0, 0.1) is 17.0 Å². The Morgan fingerprint density at radius 1 is 1.02 bits per heavy atom. The number of rotatable bonds is 13. The molecule has 1 heterocycles. The summed E-state index contributed by atoms with van der Waals surface area (Å²) in [4.78, 5) is 25.0. The van der Waals surface area contributed by atoms with E-state index >= 15 is 0 Å². The minimum Gasteiger partial charge on any atom is -0.467 e. The lowest BCUT2D eigenvalue weighted by molar-refractivity contribution is -0.143. The van der Waals surface area contributed by atoms with Crippen molar-refractivity contribution in [1.82, 2.24) is 15.2 Å². The molecule has 0 saturated heterocycles. The van der Waals surface area contributed by atoms with Crippen molar-refractivity contribution in [2.75, 3.05) is 20.3 Å². The van der Waals surface area contributed by atoms with Gasteiger partial charge in [0.1, 0.15) is 17.7 Å². The zero-order valence-electron chi connectivity index (χ0n) is 26.3. The normalized spacial score (nSPS) is 13.3. The average molecular weight is 614 g/mol. The van der Waals surface area contributed by atoms with Crippen molar-refractivity contribution in [2.45, 2.75) is 71.5 Å². The molecule has 1 amide bonds. The first-order valence-electron chi connectivity index (χ1n) is 14.6. The number of carbonyl (C=O) groups excluding carboxylic acids is 2. The lowest BCUT2D eigenvalue weighted by Gasteiger charge is -2.33. The molecule has 7 nitrogen and oxygen atoms in total. The molecule has 1 aromatic heterocycles. The fraction of sp³-hybridized carbons (Fsp3) is 0.455. The Hall–Kier alpha value is -3.50. The third-order valence-electron chi connectivity index (χ3n) is 7.17. The molecule has 0 aliphatic carbocycles. The van der Waals surface area contributed by atoms with E-state index < -0.39 is 37.8 Å². The predicted octanol–water partition coefficient (Wildman–Crippen LogP) is 7.15. The standard InChI is InChI=1S/C33H45F2N3O4Si/c1-33(2,3)30(36-16-15-28(31(39)41-4)37-32(40)42-17-18-43(5,6)7)29-19-24(26-20-25(34)13-14-27(26)35)22-38(29)21-23-11-9-8-10-12-23/h8-14,19-20,22,28,30,36H,15-18,21H2,1-7H3,(H,37,40)/t28-,30-/m0/s1. The van der Waals surface area contributed by atoms with Crippen LogP contribution in [-0.2, 0) is 20.8 Å². The highest BCUT2D eigenvalue weighted by atomic mass is 28.3. The molecular weight excluding hydrogens is 568 g/mol. The number of amides is 1. The number of benzene rings is 2. The molecule has 0 aliphatic heterocycles. The first-order valence-corrected chi connectivity index (χ1v) is 18.3. The molecule has 2 aromatic carbocycles. The number of alkyl carbamates (subject to hydrolysis) is 1. The second-order valence-corrected chi connectivity index (χ2v) is 18.7. The van der Waals surface area contributed by atoms with Gasteiger partial charge in [-0.25, -0.2) is 18.4 Å². The number of esters is 1. The first-order chi connectivity index (χ1) is 20.2. The van der Waals surface area contributed by atoms with Gasteiger partial charge in [-0.05, 0) is 54.3 Å². The van der Waals surface area contributed by atoms with Crippen molar-refractivity contribution in [3.63, 3.8) is 0 Å². The third kappa shape index (κ3) is 10.3. The summed E-state index contributed by atoms with van der Waals surface area (Å²) in [5.74, 6) is -1.58. The summed E-state index contributed by atoms with van der Waals surface area (Å²) >= 11 is 0. The van der Waals surface area contributed by atoms with Gasteiger partial charge in [-0.2, -0.15) is 0 Å². The van der Waals surface area contributed by atoms with Crippen molar-refractivity contribution >= 4 is 20.1 Å². The SMILES string of the molecule is COC(=O)[C@H](CCN[C@@H](c1cc(-c2cc(F)ccc2F)cn1Cc1ccccc1)C(C)(C)C)NC(=O)OCC[Si](C)(C)C. The molecule has 2 atom stereocenters. The van der Waals surface area contributed by atoms with Crippen LogP contribution in [0.15, 0.2) is 60.8 Å². The first kappa shape index (κ1) is 34.0. The Labute approximate surface area is 255 Å². The van der Waals surface area contributed by atoms with Crippen LogP contribution in [0.3, 0.4) is 0 Å². The number of carbonyl (C=O) groups is 2. The van der Waals surface area contributed by atoms with Crippen LogP contribution in [0.1, 0.15) is 44.5 Å². The topological polar surface area (TPSA) is 81.6 Å². The predicted molar refractivity (Wildman–Crippen MR) is 169 cm³/mol. The van der Waals surface area contributed by atoms with Crippen molar-refractivity contribution in [1.29, 1.82) is 0 Å². The number of methoxy groups -OCH3 is 1. The van der Waals surface area contributed by atoms with E-state index in [1.165, 1.54) is 13.2 Å². The number of nitrogens with one attached hydrogen (secondary N) is 2. The van der Waals surface area contributed by atoms with Crippen molar-refractivity contribution in [3.8, 4) is 11.1 Å². The summed E-state index contributed by atoms with van der Waals surface area (Å²) in [5.41, 5.74) is 2.37. The summed E-state index contributed by atoms with van der Waals surface area (Å²) in [6, 6.07) is 14.9. The van der Waals surface area contributed by atoms with E-state index in [-0.39, 0.29) is 23.4 Å². The fourth-order valence-electron chi connectivity index (χ4n) is 4.81.